The van der Waals surface area contributed by atoms with Crippen LogP contribution in [0.25, 0.3) is 0 Å². The Morgan fingerprint density at radius 1 is 1.28 bits per heavy atom. The van der Waals surface area contributed by atoms with Crippen molar-refractivity contribution < 1.29 is 24.0 Å². The maximum atomic E-state index is 12.7. The number of amides is 2. The molecule has 2 amide bonds. The average Bonchev–Trinajstić information content (AvgIpc) is 3.22. The summed E-state index contributed by atoms with van der Waals surface area (Å²) in [5, 5.41) is 14.2. The van der Waals surface area contributed by atoms with Gasteiger partial charge in [0.05, 0.1) is 44.1 Å². The molecule has 4 rings (SSSR count). The quantitative estimate of drug-likeness (QED) is 0.344. The number of quaternary nitrogens is 1. The minimum Gasteiger partial charge on any atom is -0.543 e. The molecule has 3 heterocycles. The molecule has 9 heteroatoms. The van der Waals surface area contributed by atoms with Crippen LogP contribution in [0, 0.1) is 0 Å². The summed E-state index contributed by atoms with van der Waals surface area (Å²) in [6.45, 7) is 3.09. The largest absolute Gasteiger partial charge is 0.543 e. The Hall–Kier alpha value is -2.23. The van der Waals surface area contributed by atoms with Crippen molar-refractivity contribution in [3.05, 3.63) is 53.8 Å². The van der Waals surface area contributed by atoms with E-state index < -0.39 is 23.3 Å². The number of carboxylic acids is 1. The van der Waals surface area contributed by atoms with E-state index in [9.17, 15) is 19.5 Å². The van der Waals surface area contributed by atoms with E-state index >= 15 is 0 Å². The van der Waals surface area contributed by atoms with E-state index in [4.69, 9.17) is 0 Å². The van der Waals surface area contributed by atoms with E-state index in [1.54, 1.807) is 0 Å². The lowest BCUT2D eigenvalue weighted by Gasteiger charge is -2.50. The molecule has 0 aliphatic carbocycles. The predicted molar refractivity (Wildman–Crippen MR) is 123 cm³/mol. The third kappa shape index (κ3) is 4.89. The van der Waals surface area contributed by atoms with Gasteiger partial charge in [-0.25, -0.2) is 0 Å². The molecule has 1 aromatic rings. The normalized spacial score (nSPS) is 24.4. The summed E-state index contributed by atoms with van der Waals surface area (Å²) in [5.41, 5.74) is 0.526. The van der Waals surface area contributed by atoms with Crippen LogP contribution >= 0.6 is 23.5 Å². The lowest BCUT2D eigenvalue weighted by molar-refractivity contribution is -0.891. The van der Waals surface area contributed by atoms with Gasteiger partial charge in [-0.3, -0.25) is 14.5 Å². The number of carboxylic acid groups (broad SMARTS) is 1. The van der Waals surface area contributed by atoms with Crippen molar-refractivity contribution in [2.45, 2.75) is 29.2 Å². The molecule has 0 radical (unpaired) electrons. The zero-order valence-corrected chi connectivity index (χ0v) is 19.6. The van der Waals surface area contributed by atoms with Gasteiger partial charge in [-0.05, 0) is 23.8 Å². The van der Waals surface area contributed by atoms with E-state index in [1.807, 2.05) is 42.5 Å². The highest BCUT2D eigenvalue weighted by atomic mass is 32.2. The maximum absolute atomic E-state index is 12.7. The molecule has 32 heavy (non-hydrogen) atoms. The molecule has 2 atom stereocenters. The number of likely N-dealkylation sites (tertiary alicyclic amines) is 1. The second kappa shape index (κ2) is 9.72. The molecule has 2 saturated heterocycles. The third-order valence-electron chi connectivity index (χ3n) is 6.13. The molecule has 2 unspecified atom stereocenters. The molecule has 1 aromatic carbocycles. The first kappa shape index (κ1) is 22.9. The first-order valence-corrected chi connectivity index (χ1v) is 12.8. The van der Waals surface area contributed by atoms with E-state index in [0.717, 1.165) is 29.0 Å². The summed E-state index contributed by atoms with van der Waals surface area (Å²) in [6, 6.07) is 8.84. The van der Waals surface area contributed by atoms with Crippen molar-refractivity contribution >= 4 is 41.3 Å². The lowest BCUT2D eigenvalue weighted by atomic mass is 10.0. The first-order valence-electron chi connectivity index (χ1n) is 10.7. The van der Waals surface area contributed by atoms with Gasteiger partial charge in [0.2, 0.25) is 5.91 Å². The number of carbonyl (C=O) groups excluding carboxylic acids is 3. The number of rotatable bonds is 8. The Morgan fingerprint density at radius 3 is 2.69 bits per heavy atom. The van der Waals surface area contributed by atoms with Crippen LogP contribution in [0.5, 0.6) is 0 Å². The number of likely N-dealkylation sites (N-methyl/N-ethyl adjacent to an activating group) is 1. The van der Waals surface area contributed by atoms with Gasteiger partial charge < -0.3 is 19.7 Å². The zero-order chi connectivity index (χ0) is 22.7. The van der Waals surface area contributed by atoms with E-state index in [2.05, 4.69) is 12.4 Å². The lowest BCUT2D eigenvalue weighted by Crippen LogP contribution is -2.71. The first-order chi connectivity index (χ1) is 15.4. The van der Waals surface area contributed by atoms with E-state index in [1.165, 1.54) is 41.3 Å². The van der Waals surface area contributed by atoms with Crippen LogP contribution in [0.1, 0.15) is 12.8 Å². The highest BCUT2D eigenvalue weighted by Crippen LogP contribution is 2.40. The molecular weight excluding hydrogens is 446 g/mol. The van der Waals surface area contributed by atoms with Gasteiger partial charge in [-0.15, -0.1) is 23.5 Å². The second-order valence-corrected chi connectivity index (χ2v) is 10.7. The van der Waals surface area contributed by atoms with Crippen LogP contribution < -0.4 is 10.4 Å². The molecule has 7 nitrogen and oxygen atoms in total. The Labute approximate surface area is 196 Å². The van der Waals surface area contributed by atoms with E-state index in [0.29, 0.717) is 11.3 Å². The standard InChI is InChI=1S/C23H27N3O4S2/c1-26(11-5-6-12-26)13-7-8-16-14-32-22-19(21(28)25(22)20(16)23(29)30)24-18(27)15-31-17-9-3-2-4-10-17/h2-4,7-10,19,22H,5-6,11-15H2,1H3,(H-,24,27,29,30)/b8-7+. The Bertz CT molecular complexity index is 957. The number of nitrogens with one attached hydrogen (secondary N) is 1. The molecule has 0 aromatic heterocycles. The molecule has 0 saturated carbocycles. The van der Waals surface area contributed by atoms with Gasteiger partial charge in [-0.2, -0.15) is 0 Å². The number of carbonyl (C=O) groups is 3. The molecule has 0 bridgehead atoms. The number of hydrogen-bond donors (Lipinski definition) is 1. The number of benzene rings is 1. The minimum atomic E-state index is -1.35. The van der Waals surface area contributed by atoms with Gasteiger partial charge in [0.1, 0.15) is 11.4 Å². The summed E-state index contributed by atoms with van der Waals surface area (Å²) in [5.74, 6) is -1.34. The van der Waals surface area contributed by atoms with Gasteiger partial charge in [0.25, 0.3) is 5.91 Å². The summed E-state index contributed by atoms with van der Waals surface area (Å²) < 4.78 is 0.956. The topological polar surface area (TPSA) is 89.5 Å². The van der Waals surface area contributed by atoms with Gasteiger partial charge in [0.15, 0.2) is 0 Å². The number of allylic oxidation sites excluding steroid dienone is 1. The molecular formula is C23H27N3O4S2. The summed E-state index contributed by atoms with van der Waals surface area (Å²) in [4.78, 5) is 39.2. The monoisotopic (exact) mass is 473 g/mol. The van der Waals surface area contributed by atoms with Crippen LogP contribution in [0.15, 0.2) is 58.6 Å². The second-order valence-electron chi connectivity index (χ2n) is 8.58. The van der Waals surface area contributed by atoms with Crippen LogP contribution in [-0.2, 0) is 14.4 Å². The molecule has 1 N–H and O–H groups in total. The predicted octanol–water partition coefficient (Wildman–Crippen LogP) is 0.979. The number of β-lactam (4-membered cyclic amide) rings is 1. The van der Waals surface area contributed by atoms with Crippen molar-refractivity contribution in [2.75, 3.05) is 38.2 Å². The van der Waals surface area contributed by atoms with Crippen LogP contribution in [0.2, 0.25) is 0 Å². The van der Waals surface area contributed by atoms with Crippen molar-refractivity contribution in [3.63, 3.8) is 0 Å². The van der Waals surface area contributed by atoms with Crippen molar-refractivity contribution in [1.29, 1.82) is 0 Å². The Kier molecular flexibility index (Phi) is 6.97. The molecule has 0 spiro atoms. The van der Waals surface area contributed by atoms with Crippen molar-refractivity contribution in [2.24, 2.45) is 0 Å². The van der Waals surface area contributed by atoms with Crippen LogP contribution in [-0.4, -0.2) is 76.8 Å². The molecule has 2 fully saturated rings. The SMILES string of the molecule is C[N+]1(C/C=C/C2=C(C(=O)[O-])N3C(=O)C(NC(=O)CSc4ccccc4)C3SC2)CCCC1. The average molecular weight is 474 g/mol. The highest BCUT2D eigenvalue weighted by molar-refractivity contribution is 8.00. The van der Waals surface area contributed by atoms with Crippen molar-refractivity contribution in [1.82, 2.24) is 10.2 Å². The third-order valence-corrected chi connectivity index (χ3v) is 8.45. The molecule has 3 aliphatic heterocycles. The number of fused-ring (bicyclic) bond motifs is 1. The zero-order valence-electron chi connectivity index (χ0n) is 18.0. The van der Waals surface area contributed by atoms with Crippen LogP contribution in [0.3, 0.4) is 0 Å². The fourth-order valence-corrected chi connectivity index (χ4v) is 6.42. The number of thioether (sulfide) groups is 2. The van der Waals surface area contributed by atoms with Crippen LogP contribution in [0.4, 0.5) is 0 Å². The molecule has 170 valence electrons. The van der Waals surface area contributed by atoms with Crippen molar-refractivity contribution in [3.8, 4) is 0 Å². The summed E-state index contributed by atoms with van der Waals surface area (Å²) >= 11 is 2.86. The van der Waals surface area contributed by atoms with Gasteiger partial charge >= 0.3 is 0 Å². The number of aliphatic carboxylic acids is 1. The number of nitrogens with zero attached hydrogens (tertiary/aromatic N) is 2. The van der Waals surface area contributed by atoms with E-state index in [-0.39, 0.29) is 17.4 Å². The fraction of sp³-hybridized carbons (Fsp3) is 0.435. The summed E-state index contributed by atoms with van der Waals surface area (Å²) in [6.07, 6.45) is 6.27. The molecule has 3 aliphatic rings. The minimum absolute atomic E-state index is 0.0664. The number of hydrogen-bond acceptors (Lipinski definition) is 6. The fourth-order valence-electron chi connectivity index (χ4n) is 4.37. The highest BCUT2D eigenvalue weighted by Gasteiger charge is 2.52. The summed E-state index contributed by atoms with van der Waals surface area (Å²) in [7, 11) is 2.21. The van der Waals surface area contributed by atoms with Gasteiger partial charge in [0, 0.05) is 23.5 Å². The van der Waals surface area contributed by atoms with Gasteiger partial charge in [-0.1, -0.05) is 24.3 Å². The Balaban J connectivity index is 1.38. The Morgan fingerprint density at radius 2 is 2.00 bits per heavy atom. The maximum Gasteiger partial charge on any atom is 0.253 e. The smallest absolute Gasteiger partial charge is 0.253 e.